The molecule has 0 radical (unpaired) electrons. The number of anilines is 1. The van der Waals surface area contributed by atoms with Gasteiger partial charge in [-0.3, -0.25) is 0 Å². The normalized spacial score (nSPS) is 11.0. The standard InChI is InChI=1S/C14H11F2N3OS/c15-14(16)20-11-4-2-1-3-9(11)7-17-12-10-5-6-21-13(10)19-8-18-12/h1-6,8,14H,7H2,(H,17,18,19). The van der Waals surface area contributed by atoms with Crippen molar-refractivity contribution in [2.45, 2.75) is 13.2 Å². The number of hydrogen-bond donors (Lipinski definition) is 1. The molecule has 0 unspecified atom stereocenters. The minimum atomic E-state index is -2.84. The fraction of sp³-hybridized carbons (Fsp3) is 0.143. The van der Waals surface area contributed by atoms with Crippen LogP contribution in [-0.4, -0.2) is 16.6 Å². The summed E-state index contributed by atoms with van der Waals surface area (Å²) in [5, 5.41) is 5.98. The summed E-state index contributed by atoms with van der Waals surface area (Å²) in [4.78, 5) is 9.22. The van der Waals surface area contributed by atoms with E-state index in [1.807, 2.05) is 11.4 Å². The van der Waals surface area contributed by atoms with Crippen molar-refractivity contribution >= 4 is 27.4 Å². The van der Waals surface area contributed by atoms with E-state index in [2.05, 4.69) is 20.0 Å². The Kier molecular flexibility index (Phi) is 3.92. The van der Waals surface area contributed by atoms with Gasteiger partial charge in [0.05, 0.1) is 5.39 Å². The molecular weight excluding hydrogens is 296 g/mol. The Labute approximate surface area is 123 Å². The number of fused-ring (bicyclic) bond motifs is 1. The Morgan fingerprint density at radius 2 is 2.05 bits per heavy atom. The average Bonchev–Trinajstić information content (AvgIpc) is 2.95. The Morgan fingerprint density at radius 3 is 2.90 bits per heavy atom. The van der Waals surface area contributed by atoms with Crippen molar-refractivity contribution < 1.29 is 13.5 Å². The predicted molar refractivity (Wildman–Crippen MR) is 77.8 cm³/mol. The first-order chi connectivity index (χ1) is 10.2. The van der Waals surface area contributed by atoms with Gasteiger partial charge in [0.1, 0.15) is 22.7 Å². The first-order valence-electron chi connectivity index (χ1n) is 6.19. The van der Waals surface area contributed by atoms with Crippen LogP contribution in [0, 0.1) is 0 Å². The number of benzene rings is 1. The quantitative estimate of drug-likeness (QED) is 0.776. The average molecular weight is 307 g/mol. The second-order valence-corrected chi connectivity index (χ2v) is 5.10. The molecule has 3 aromatic rings. The van der Waals surface area contributed by atoms with Crippen LogP contribution in [0.1, 0.15) is 5.56 Å². The van der Waals surface area contributed by atoms with Crippen molar-refractivity contribution in [2.24, 2.45) is 0 Å². The van der Waals surface area contributed by atoms with Crippen molar-refractivity contribution in [1.82, 2.24) is 9.97 Å². The van der Waals surface area contributed by atoms with Gasteiger partial charge in [0.2, 0.25) is 0 Å². The van der Waals surface area contributed by atoms with E-state index in [9.17, 15) is 8.78 Å². The Bertz CT molecular complexity index is 748. The fourth-order valence-corrected chi connectivity index (χ4v) is 2.70. The molecule has 21 heavy (non-hydrogen) atoms. The molecule has 0 atom stereocenters. The molecule has 3 rings (SSSR count). The third kappa shape index (κ3) is 3.08. The number of ether oxygens (including phenoxy) is 1. The van der Waals surface area contributed by atoms with Crippen LogP contribution in [0.4, 0.5) is 14.6 Å². The van der Waals surface area contributed by atoms with Crippen molar-refractivity contribution in [3.8, 4) is 5.75 Å². The number of halogens is 2. The van der Waals surface area contributed by atoms with Gasteiger partial charge in [0, 0.05) is 12.1 Å². The number of hydrogen-bond acceptors (Lipinski definition) is 5. The van der Waals surface area contributed by atoms with Crippen LogP contribution in [0.15, 0.2) is 42.0 Å². The second-order valence-electron chi connectivity index (χ2n) is 4.20. The van der Waals surface area contributed by atoms with E-state index in [4.69, 9.17) is 0 Å². The topological polar surface area (TPSA) is 47.0 Å². The van der Waals surface area contributed by atoms with E-state index >= 15 is 0 Å². The molecule has 4 nitrogen and oxygen atoms in total. The van der Waals surface area contributed by atoms with Gasteiger partial charge >= 0.3 is 6.61 Å². The van der Waals surface area contributed by atoms with E-state index < -0.39 is 6.61 Å². The van der Waals surface area contributed by atoms with E-state index in [1.54, 1.807) is 18.2 Å². The van der Waals surface area contributed by atoms with Crippen LogP contribution < -0.4 is 10.1 Å². The van der Waals surface area contributed by atoms with Crippen molar-refractivity contribution in [2.75, 3.05) is 5.32 Å². The first-order valence-corrected chi connectivity index (χ1v) is 7.07. The minimum absolute atomic E-state index is 0.163. The summed E-state index contributed by atoms with van der Waals surface area (Å²) < 4.78 is 29.2. The van der Waals surface area contributed by atoms with Crippen LogP contribution in [0.2, 0.25) is 0 Å². The summed E-state index contributed by atoms with van der Waals surface area (Å²) in [5.41, 5.74) is 0.639. The third-order valence-corrected chi connectivity index (χ3v) is 3.72. The fourth-order valence-electron chi connectivity index (χ4n) is 1.97. The van der Waals surface area contributed by atoms with Crippen LogP contribution in [-0.2, 0) is 6.54 Å². The van der Waals surface area contributed by atoms with E-state index in [-0.39, 0.29) is 5.75 Å². The number of nitrogens with zero attached hydrogens (tertiary/aromatic N) is 2. The van der Waals surface area contributed by atoms with Gasteiger partial charge in [-0.15, -0.1) is 11.3 Å². The van der Waals surface area contributed by atoms with Gasteiger partial charge in [-0.1, -0.05) is 18.2 Å². The van der Waals surface area contributed by atoms with Crippen LogP contribution in [0.3, 0.4) is 0 Å². The van der Waals surface area contributed by atoms with Gasteiger partial charge < -0.3 is 10.1 Å². The molecule has 0 bridgehead atoms. The highest BCUT2D eigenvalue weighted by molar-refractivity contribution is 7.16. The molecule has 0 aliphatic heterocycles. The molecule has 0 aliphatic rings. The van der Waals surface area contributed by atoms with Crippen LogP contribution in [0.5, 0.6) is 5.75 Å². The van der Waals surface area contributed by atoms with Gasteiger partial charge in [0.15, 0.2) is 0 Å². The lowest BCUT2D eigenvalue weighted by atomic mass is 10.2. The zero-order valence-corrected chi connectivity index (χ0v) is 11.6. The number of para-hydroxylation sites is 1. The van der Waals surface area contributed by atoms with Crippen LogP contribution in [0.25, 0.3) is 10.2 Å². The minimum Gasteiger partial charge on any atom is -0.434 e. The predicted octanol–water partition coefficient (Wildman–Crippen LogP) is 3.90. The molecule has 2 aromatic heterocycles. The monoisotopic (exact) mass is 307 g/mol. The van der Waals surface area contributed by atoms with E-state index in [0.717, 1.165) is 10.2 Å². The maximum absolute atomic E-state index is 12.4. The summed E-state index contributed by atoms with van der Waals surface area (Å²) in [7, 11) is 0. The number of aromatic nitrogens is 2. The molecule has 0 amide bonds. The van der Waals surface area contributed by atoms with Gasteiger partial charge in [-0.05, 0) is 17.5 Å². The van der Waals surface area contributed by atoms with Gasteiger partial charge in [-0.25, -0.2) is 9.97 Å². The maximum atomic E-state index is 12.4. The van der Waals surface area contributed by atoms with Crippen molar-refractivity contribution in [3.05, 3.63) is 47.6 Å². The number of nitrogens with one attached hydrogen (secondary N) is 1. The molecule has 0 saturated carbocycles. The SMILES string of the molecule is FC(F)Oc1ccccc1CNc1ncnc2sccc12. The lowest BCUT2D eigenvalue weighted by Crippen LogP contribution is -2.07. The smallest absolute Gasteiger partial charge is 0.387 e. The molecule has 0 saturated heterocycles. The molecule has 1 N–H and O–H groups in total. The van der Waals surface area contributed by atoms with Crippen molar-refractivity contribution in [3.63, 3.8) is 0 Å². The molecule has 0 spiro atoms. The lowest BCUT2D eigenvalue weighted by molar-refractivity contribution is -0.0504. The van der Waals surface area contributed by atoms with Crippen molar-refractivity contribution in [1.29, 1.82) is 0 Å². The first kappa shape index (κ1) is 13.7. The summed E-state index contributed by atoms with van der Waals surface area (Å²) in [5.74, 6) is 0.837. The number of thiophene rings is 1. The van der Waals surface area contributed by atoms with E-state index in [1.165, 1.54) is 23.7 Å². The zero-order valence-electron chi connectivity index (χ0n) is 10.8. The molecule has 7 heteroatoms. The summed E-state index contributed by atoms with van der Waals surface area (Å²) in [6.45, 7) is -2.50. The number of alkyl halides is 2. The molecule has 0 fully saturated rings. The summed E-state index contributed by atoms with van der Waals surface area (Å²) in [6.07, 6.45) is 1.47. The third-order valence-electron chi connectivity index (χ3n) is 2.90. The Hall–Kier alpha value is -2.28. The molecule has 1 aromatic carbocycles. The molecule has 108 valence electrons. The Morgan fingerprint density at radius 1 is 1.19 bits per heavy atom. The highest BCUT2D eigenvalue weighted by atomic mass is 32.1. The molecule has 2 heterocycles. The Balaban J connectivity index is 1.80. The van der Waals surface area contributed by atoms with Gasteiger partial charge in [0.25, 0.3) is 0 Å². The van der Waals surface area contributed by atoms with E-state index in [0.29, 0.717) is 17.9 Å². The number of rotatable bonds is 5. The molecular formula is C14H11F2N3OS. The highest BCUT2D eigenvalue weighted by Crippen LogP contribution is 2.26. The van der Waals surface area contributed by atoms with Crippen LogP contribution >= 0.6 is 11.3 Å². The highest BCUT2D eigenvalue weighted by Gasteiger charge is 2.10. The summed E-state index contributed by atoms with van der Waals surface area (Å²) in [6, 6.07) is 8.60. The maximum Gasteiger partial charge on any atom is 0.387 e. The lowest BCUT2D eigenvalue weighted by Gasteiger charge is -2.11. The molecule has 0 aliphatic carbocycles. The summed E-state index contributed by atoms with van der Waals surface area (Å²) >= 11 is 1.52. The second kappa shape index (κ2) is 6.01. The van der Waals surface area contributed by atoms with Gasteiger partial charge in [-0.2, -0.15) is 8.78 Å². The largest absolute Gasteiger partial charge is 0.434 e. The zero-order chi connectivity index (χ0) is 14.7.